The van der Waals surface area contributed by atoms with E-state index in [9.17, 15) is 5.11 Å². The van der Waals surface area contributed by atoms with Gasteiger partial charge in [0.1, 0.15) is 0 Å². The van der Waals surface area contributed by atoms with Crippen LogP contribution in [-0.2, 0) is 0 Å². The second-order valence-corrected chi connectivity index (χ2v) is 5.01. The van der Waals surface area contributed by atoms with Crippen molar-refractivity contribution in [1.29, 1.82) is 0 Å². The van der Waals surface area contributed by atoms with Gasteiger partial charge in [0.05, 0.1) is 11.6 Å². The average molecular weight is 205 g/mol. The number of rotatable bonds is 0. The molecule has 1 aliphatic heterocycles. The van der Waals surface area contributed by atoms with Crippen LogP contribution in [0.3, 0.4) is 0 Å². The molecule has 0 amide bonds. The number of fused-ring (bicyclic) bond motifs is 1. The predicted octanol–water partition coefficient (Wildman–Crippen LogP) is 2.38. The molecule has 2 nitrogen and oxygen atoms in total. The summed E-state index contributed by atoms with van der Waals surface area (Å²) in [6, 6.07) is 8.32. The van der Waals surface area contributed by atoms with Crippen LogP contribution < -0.4 is 4.90 Å². The van der Waals surface area contributed by atoms with Crippen molar-refractivity contribution in [2.45, 2.75) is 38.3 Å². The van der Waals surface area contributed by atoms with Crippen molar-refractivity contribution in [3.05, 3.63) is 29.8 Å². The summed E-state index contributed by atoms with van der Waals surface area (Å²) in [6.07, 6.45) is -0.322. The van der Waals surface area contributed by atoms with Gasteiger partial charge in [-0.15, -0.1) is 0 Å². The molecule has 1 aliphatic rings. The largest absolute Gasteiger partial charge is 0.390 e. The Morgan fingerprint density at radius 3 is 2.53 bits per heavy atom. The van der Waals surface area contributed by atoms with Crippen LogP contribution in [0.25, 0.3) is 0 Å². The summed E-state index contributed by atoms with van der Waals surface area (Å²) in [6.45, 7) is 6.27. The van der Waals surface area contributed by atoms with Crippen LogP contribution in [0.5, 0.6) is 0 Å². The van der Waals surface area contributed by atoms with Gasteiger partial charge in [-0.25, -0.2) is 0 Å². The number of hydrogen-bond acceptors (Lipinski definition) is 2. The summed E-state index contributed by atoms with van der Waals surface area (Å²) in [5, 5.41) is 10.3. The van der Waals surface area contributed by atoms with E-state index in [0.29, 0.717) is 0 Å². The van der Waals surface area contributed by atoms with E-state index in [4.69, 9.17) is 0 Å². The zero-order chi connectivity index (χ0) is 11.2. The van der Waals surface area contributed by atoms with Gasteiger partial charge in [0.25, 0.3) is 0 Å². The first-order chi connectivity index (χ1) is 6.96. The van der Waals surface area contributed by atoms with E-state index in [2.05, 4.69) is 43.9 Å². The normalized spacial score (nSPS) is 28.7. The maximum Gasteiger partial charge on any atom is 0.0832 e. The molecule has 0 saturated heterocycles. The van der Waals surface area contributed by atoms with E-state index in [1.54, 1.807) is 0 Å². The molecule has 1 heterocycles. The third-order valence-corrected chi connectivity index (χ3v) is 3.85. The van der Waals surface area contributed by atoms with Gasteiger partial charge in [-0.05, 0) is 25.5 Å². The summed E-state index contributed by atoms with van der Waals surface area (Å²) in [7, 11) is 2.05. The van der Waals surface area contributed by atoms with Crippen LogP contribution >= 0.6 is 0 Å². The Kier molecular flexibility index (Phi) is 2.27. The summed E-state index contributed by atoms with van der Waals surface area (Å²) >= 11 is 0. The van der Waals surface area contributed by atoms with E-state index in [1.807, 2.05) is 13.1 Å². The van der Waals surface area contributed by atoms with Crippen molar-refractivity contribution in [2.75, 3.05) is 11.9 Å². The molecule has 2 heteroatoms. The first-order valence-electron chi connectivity index (χ1n) is 5.47. The molecule has 0 aromatic heterocycles. The van der Waals surface area contributed by atoms with Gasteiger partial charge in [0.2, 0.25) is 0 Å². The van der Waals surface area contributed by atoms with Crippen LogP contribution in [0.15, 0.2) is 24.3 Å². The summed E-state index contributed by atoms with van der Waals surface area (Å²) in [5.41, 5.74) is 2.28. The topological polar surface area (TPSA) is 23.5 Å². The van der Waals surface area contributed by atoms with Crippen molar-refractivity contribution in [3.63, 3.8) is 0 Å². The van der Waals surface area contributed by atoms with Crippen molar-refractivity contribution in [1.82, 2.24) is 0 Å². The van der Waals surface area contributed by atoms with E-state index in [1.165, 1.54) is 11.3 Å². The zero-order valence-electron chi connectivity index (χ0n) is 9.86. The minimum atomic E-state index is -0.322. The van der Waals surface area contributed by atoms with Crippen LogP contribution in [0.4, 0.5) is 5.69 Å². The van der Waals surface area contributed by atoms with E-state index in [0.717, 1.165) is 0 Å². The van der Waals surface area contributed by atoms with Gasteiger partial charge in [-0.1, -0.05) is 25.1 Å². The summed E-state index contributed by atoms with van der Waals surface area (Å²) < 4.78 is 0. The molecule has 0 saturated carbocycles. The third-order valence-electron chi connectivity index (χ3n) is 3.85. The Bertz CT molecular complexity index is 373. The second kappa shape index (κ2) is 3.24. The minimum Gasteiger partial charge on any atom is -0.390 e. The Labute approximate surface area is 91.5 Å². The van der Waals surface area contributed by atoms with Gasteiger partial charge in [0, 0.05) is 18.7 Å². The summed E-state index contributed by atoms with van der Waals surface area (Å²) in [5.74, 6) is 0.201. The molecule has 2 unspecified atom stereocenters. The first-order valence-corrected chi connectivity index (χ1v) is 5.47. The second-order valence-electron chi connectivity index (χ2n) is 5.01. The quantitative estimate of drug-likeness (QED) is 0.703. The van der Waals surface area contributed by atoms with Crippen molar-refractivity contribution in [2.24, 2.45) is 0 Å². The van der Waals surface area contributed by atoms with Gasteiger partial charge in [-0.2, -0.15) is 0 Å². The maximum atomic E-state index is 10.3. The van der Waals surface area contributed by atoms with Crippen LogP contribution in [0.2, 0.25) is 0 Å². The fourth-order valence-electron chi connectivity index (χ4n) is 2.47. The lowest BCUT2D eigenvalue weighted by atomic mass is 9.78. The number of para-hydroxylation sites is 1. The molecule has 2 rings (SSSR count). The number of aliphatic hydroxyl groups is 1. The highest BCUT2D eigenvalue weighted by Gasteiger charge is 2.41. The van der Waals surface area contributed by atoms with Gasteiger partial charge in [-0.3, -0.25) is 0 Å². The molecule has 1 aromatic rings. The number of aliphatic hydroxyl groups excluding tert-OH is 1. The maximum absolute atomic E-state index is 10.3. The average Bonchev–Trinajstić information content (AvgIpc) is 2.24. The highest BCUT2D eigenvalue weighted by molar-refractivity contribution is 5.59. The number of likely N-dealkylation sites (N-methyl/N-ethyl adjacent to an activating group) is 1. The van der Waals surface area contributed by atoms with Crippen molar-refractivity contribution >= 4 is 5.69 Å². The Hall–Kier alpha value is -1.02. The molecular weight excluding hydrogens is 186 g/mol. The van der Waals surface area contributed by atoms with Crippen LogP contribution in [0.1, 0.15) is 32.3 Å². The molecule has 1 N–H and O–H groups in total. The number of nitrogens with zero attached hydrogens (tertiary/aromatic N) is 1. The Balaban J connectivity index is 2.57. The van der Waals surface area contributed by atoms with Gasteiger partial charge in [0.15, 0.2) is 0 Å². The van der Waals surface area contributed by atoms with Crippen LogP contribution in [0, 0.1) is 0 Å². The highest BCUT2D eigenvalue weighted by atomic mass is 16.3. The lowest BCUT2D eigenvalue weighted by molar-refractivity contribution is 0.0724. The smallest absolute Gasteiger partial charge is 0.0832 e. The number of hydrogen-bond donors (Lipinski definition) is 1. The molecule has 82 valence electrons. The first kappa shape index (κ1) is 10.5. The molecule has 0 aliphatic carbocycles. The fourth-order valence-corrected chi connectivity index (χ4v) is 2.47. The molecule has 0 spiro atoms. The molecule has 1 aromatic carbocycles. The van der Waals surface area contributed by atoms with Crippen molar-refractivity contribution < 1.29 is 5.11 Å². The minimum absolute atomic E-state index is 0.201. The zero-order valence-corrected chi connectivity index (χ0v) is 9.86. The molecule has 0 bridgehead atoms. The standard InChI is InChI=1S/C13H19NO/c1-9-10-7-5-6-8-11(10)14(4)13(2,3)12(9)15/h5-9,12,15H,1-4H3. The molecular formula is C13H19NO. The van der Waals surface area contributed by atoms with Gasteiger partial charge >= 0.3 is 0 Å². The lowest BCUT2D eigenvalue weighted by Crippen LogP contribution is -2.55. The third kappa shape index (κ3) is 1.36. The van der Waals surface area contributed by atoms with Crippen molar-refractivity contribution in [3.8, 4) is 0 Å². The SMILES string of the molecule is CC1c2ccccc2N(C)C(C)(C)C1O. The Morgan fingerprint density at radius 1 is 1.27 bits per heavy atom. The number of benzene rings is 1. The predicted molar refractivity (Wildman–Crippen MR) is 63.3 cm³/mol. The lowest BCUT2D eigenvalue weighted by Gasteiger charge is -2.48. The molecule has 0 fully saturated rings. The van der Waals surface area contributed by atoms with Gasteiger partial charge < -0.3 is 10.0 Å². The molecule has 0 radical (unpaired) electrons. The van der Waals surface area contributed by atoms with E-state index >= 15 is 0 Å². The highest BCUT2D eigenvalue weighted by Crippen LogP contribution is 2.42. The van der Waals surface area contributed by atoms with E-state index < -0.39 is 0 Å². The molecule has 15 heavy (non-hydrogen) atoms. The number of anilines is 1. The fraction of sp³-hybridized carbons (Fsp3) is 0.538. The van der Waals surface area contributed by atoms with E-state index in [-0.39, 0.29) is 17.6 Å². The van der Waals surface area contributed by atoms with Crippen LogP contribution in [-0.4, -0.2) is 23.8 Å². The summed E-state index contributed by atoms with van der Waals surface area (Å²) in [4.78, 5) is 2.17. The molecule has 2 atom stereocenters. The Morgan fingerprint density at radius 2 is 1.87 bits per heavy atom. The monoisotopic (exact) mass is 205 g/mol.